The highest BCUT2D eigenvalue weighted by Gasteiger charge is 2.33. The average molecular weight is 447 g/mol. The molecule has 0 unspecified atom stereocenters. The van der Waals surface area contributed by atoms with Crippen LogP contribution in [0.25, 0.3) is 0 Å². The maximum absolute atomic E-state index is 13.7. The molecule has 158 valence electrons. The minimum atomic E-state index is -4.71. The van der Waals surface area contributed by atoms with Crippen LogP contribution >= 0.6 is 11.6 Å². The molecule has 0 saturated heterocycles. The van der Waals surface area contributed by atoms with Gasteiger partial charge in [0.15, 0.2) is 17.3 Å². The second kappa shape index (κ2) is 8.31. The summed E-state index contributed by atoms with van der Waals surface area (Å²) in [5.74, 6) is -2.70. The van der Waals surface area contributed by atoms with Crippen LogP contribution in [0, 0.1) is 18.6 Å². The van der Waals surface area contributed by atoms with Gasteiger partial charge >= 0.3 is 6.18 Å². The fourth-order valence-corrected chi connectivity index (χ4v) is 2.72. The number of carbonyl (C=O) groups is 1. The number of aryl methyl sites for hydroxylation is 1. The van der Waals surface area contributed by atoms with E-state index in [1.165, 1.54) is 13.0 Å². The third-order valence-corrected chi connectivity index (χ3v) is 4.32. The zero-order chi connectivity index (χ0) is 22.1. The first-order chi connectivity index (χ1) is 14.1. The number of carbonyl (C=O) groups excluding carboxylic acids is 1. The minimum Gasteiger partial charge on any atom is -0.486 e. The van der Waals surface area contributed by atoms with Crippen molar-refractivity contribution in [2.75, 3.05) is 5.32 Å². The zero-order valence-electron chi connectivity index (χ0n) is 15.1. The number of anilines is 1. The summed E-state index contributed by atoms with van der Waals surface area (Å²) in [5.41, 5.74) is -1.41. The number of ether oxygens (including phenoxy) is 1. The van der Waals surface area contributed by atoms with E-state index in [4.69, 9.17) is 20.9 Å². The highest BCUT2D eigenvalue weighted by atomic mass is 35.5. The van der Waals surface area contributed by atoms with Gasteiger partial charge < -0.3 is 14.6 Å². The molecule has 0 aliphatic heterocycles. The third-order valence-electron chi connectivity index (χ3n) is 4.00. The Balaban J connectivity index is 1.79. The van der Waals surface area contributed by atoms with Crippen molar-refractivity contribution < 1.29 is 36.0 Å². The number of hydrogen-bond acceptors (Lipinski definition) is 4. The molecule has 0 atom stereocenters. The Morgan fingerprint density at radius 3 is 2.60 bits per heavy atom. The van der Waals surface area contributed by atoms with Crippen LogP contribution < -0.4 is 10.1 Å². The SMILES string of the molecule is Cc1onc(C(=O)Nc2ccc(Cl)c(C(F)(F)F)c2)c1COc1ccc(F)cc1F. The summed E-state index contributed by atoms with van der Waals surface area (Å²) in [6.45, 7) is 1.11. The van der Waals surface area contributed by atoms with E-state index < -0.39 is 34.3 Å². The summed E-state index contributed by atoms with van der Waals surface area (Å²) in [7, 11) is 0. The number of halogens is 6. The number of alkyl halides is 3. The average Bonchev–Trinajstić information content (AvgIpc) is 3.02. The highest BCUT2D eigenvalue weighted by molar-refractivity contribution is 6.31. The van der Waals surface area contributed by atoms with Gasteiger partial charge in [-0.15, -0.1) is 0 Å². The molecule has 0 spiro atoms. The minimum absolute atomic E-state index is 0.140. The van der Waals surface area contributed by atoms with Gasteiger partial charge in [0, 0.05) is 11.8 Å². The lowest BCUT2D eigenvalue weighted by atomic mass is 10.1. The molecule has 30 heavy (non-hydrogen) atoms. The van der Waals surface area contributed by atoms with Gasteiger partial charge in [0.2, 0.25) is 0 Å². The molecule has 0 saturated carbocycles. The van der Waals surface area contributed by atoms with Gasteiger partial charge in [0.25, 0.3) is 5.91 Å². The van der Waals surface area contributed by atoms with Gasteiger partial charge in [-0.2, -0.15) is 13.2 Å². The lowest BCUT2D eigenvalue weighted by Gasteiger charge is -2.12. The predicted molar refractivity (Wildman–Crippen MR) is 96.3 cm³/mol. The molecule has 1 aromatic heterocycles. The van der Waals surface area contributed by atoms with Gasteiger partial charge in [0.05, 0.1) is 16.1 Å². The number of rotatable bonds is 5. The van der Waals surface area contributed by atoms with Crippen molar-refractivity contribution in [3.05, 3.63) is 75.6 Å². The molecular formula is C19H12ClF5N2O3. The van der Waals surface area contributed by atoms with Crippen molar-refractivity contribution in [3.8, 4) is 5.75 Å². The molecule has 1 N–H and O–H groups in total. The highest BCUT2D eigenvalue weighted by Crippen LogP contribution is 2.36. The lowest BCUT2D eigenvalue weighted by Crippen LogP contribution is -2.16. The first-order valence-corrected chi connectivity index (χ1v) is 8.65. The fourth-order valence-electron chi connectivity index (χ4n) is 2.49. The molecule has 3 aromatic rings. The molecule has 2 aromatic carbocycles. The Morgan fingerprint density at radius 1 is 1.20 bits per heavy atom. The number of hydrogen-bond donors (Lipinski definition) is 1. The fraction of sp³-hybridized carbons (Fsp3) is 0.158. The zero-order valence-corrected chi connectivity index (χ0v) is 15.9. The normalized spacial score (nSPS) is 11.4. The molecule has 5 nitrogen and oxygen atoms in total. The largest absolute Gasteiger partial charge is 0.486 e. The van der Waals surface area contributed by atoms with Crippen LogP contribution in [0.5, 0.6) is 5.75 Å². The van der Waals surface area contributed by atoms with E-state index in [2.05, 4.69) is 10.5 Å². The quantitative estimate of drug-likeness (QED) is 0.506. The van der Waals surface area contributed by atoms with Crippen molar-refractivity contribution in [3.63, 3.8) is 0 Å². The second-order valence-electron chi connectivity index (χ2n) is 6.08. The lowest BCUT2D eigenvalue weighted by molar-refractivity contribution is -0.137. The van der Waals surface area contributed by atoms with Crippen molar-refractivity contribution in [2.24, 2.45) is 0 Å². The van der Waals surface area contributed by atoms with E-state index in [0.717, 1.165) is 18.2 Å². The topological polar surface area (TPSA) is 64.4 Å². The van der Waals surface area contributed by atoms with Crippen molar-refractivity contribution in [1.29, 1.82) is 0 Å². The van der Waals surface area contributed by atoms with Crippen molar-refractivity contribution >= 4 is 23.2 Å². The van der Waals surface area contributed by atoms with Crippen LogP contribution in [0.4, 0.5) is 27.6 Å². The molecule has 1 heterocycles. The standard InChI is InChI=1S/C19H12ClF5N2O3/c1-9-12(8-29-16-5-2-10(21)6-15(16)22)17(27-30-9)18(28)26-11-3-4-14(20)13(7-11)19(23,24)25/h2-7H,8H2,1H3,(H,26,28). The van der Waals surface area contributed by atoms with Gasteiger partial charge in [-0.05, 0) is 37.3 Å². The number of benzene rings is 2. The molecule has 11 heteroatoms. The summed E-state index contributed by atoms with van der Waals surface area (Å²) in [6.07, 6.45) is -4.71. The van der Waals surface area contributed by atoms with E-state index in [-0.39, 0.29) is 35.1 Å². The van der Waals surface area contributed by atoms with E-state index in [1.807, 2.05) is 0 Å². The first-order valence-electron chi connectivity index (χ1n) is 8.27. The molecular weight excluding hydrogens is 435 g/mol. The van der Waals surface area contributed by atoms with Crippen LogP contribution in [0.2, 0.25) is 5.02 Å². The van der Waals surface area contributed by atoms with Gasteiger partial charge in [-0.3, -0.25) is 4.79 Å². The smallest absolute Gasteiger partial charge is 0.417 e. The Morgan fingerprint density at radius 2 is 1.93 bits per heavy atom. The summed E-state index contributed by atoms with van der Waals surface area (Å²) in [5, 5.41) is 5.33. The van der Waals surface area contributed by atoms with Gasteiger partial charge in [-0.25, -0.2) is 8.78 Å². The Kier molecular flexibility index (Phi) is 5.97. The maximum Gasteiger partial charge on any atom is 0.417 e. The van der Waals surface area contributed by atoms with Crippen LogP contribution in [0.15, 0.2) is 40.9 Å². The monoisotopic (exact) mass is 446 g/mol. The molecule has 3 rings (SSSR count). The van der Waals surface area contributed by atoms with Gasteiger partial charge in [0.1, 0.15) is 18.2 Å². The van der Waals surface area contributed by atoms with Crippen LogP contribution in [-0.4, -0.2) is 11.1 Å². The Bertz CT molecular complexity index is 1100. The molecule has 1 amide bonds. The molecule has 0 fully saturated rings. The number of amides is 1. The second-order valence-corrected chi connectivity index (χ2v) is 6.48. The molecule has 0 aliphatic carbocycles. The molecule has 0 bridgehead atoms. The van der Waals surface area contributed by atoms with Crippen LogP contribution in [-0.2, 0) is 12.8 Å². The summed E-state index contributed by atoms with van der Waals surface area (Å²) >= 11 is 5.55. The summed E-state index contributed by atoms with van der Waals surface area (Å²) in [4.78, 5) is 12.5. The Labute approximate surface area is 171 Å². The van der Waals surface area contributed by atoms with Crippen molar-refractivity contribution in [2.45, 2.75) is 19.7 Å². The third kappa shape index (κ3) is 4.70. The number of nitrogens with one attached hydrogen (secondary N) is 1. The van der Waals surface area contributed by atoms with E-state index in [9.17, 15) is 26.7 Å². The summed E-state index contributed by atoms with van der Waals surface area (Å²) < 4.78 is 75.8. The molecule has 0 aliphatic rings. The van der Waals surface area contributed by atoms with Crippen LogP contribution in [0.3, 0.4) is 0 Å². The van der Waals surface area contributed by atoms with E-state index in [0.29, 0.717) is 12.1 Å². The van der Waals surface area contributed by atoms with Crippen LogP contribution in [0.1, 0.15) is 27.4 Å². The number of aromatic nitrogens is 1. The Hall–Kier alpha value is -3.14. The molecule has 0 radical (unpaired) electrons. The number of nitrogens with zero attached hydrogens (tertiary/aromatic N) is 1. The maximum atomic E-state index is 13.7. The predicted octanol–water partition coefficient (Wildman–Crippen LogP) is 5.76. The van der Waals surface area contributed by atoms with E-state index >= 15 is 0 Å². The van der Waals surface area contributed by atoms with Gasteiger partial charge in [-0.1, -0.05) is 16.8 Å². The van der Waals surface area contributed by atoms with Crippen molar-refractivity contribution in [1.82, 2.24) is 5.16 Å². The first kappa shape index (κ1) is 21.6. The van der Waals surface area contributed by atoms with E-state index in [1.54, 1.807) is 0 Å². The summed E-state index contributed by atoms with van der Waals surface area (Å²) in [6, 6.07) is 5.55.